The van der Waals surface area contributed by atoms with E-state index in [1.807, 2.05) is 12.1 Å². The quantitative estimate of drug-likeness (QED) is 0.477. The standard InChI is InChI=1S/C17H23Cl2NO3S/c1-3-4-12(14-6-5-13(18)9-15(14)19)10-20-16(21)11-24-8-7-17(22)23-2/h5-6,9,12H,3-4,7-8,10-11H2,1-2H3,(H,20,21). The zero-order chi connectivity index (χ0) is 17.9. The third-order valence-electron chi connectivity index (χ3n) is 3.50. The second-order valence-corrected chi connectivity index (χ2v) is 7.28. The molecule has 0 aromatic heterocycles. The molecule has 0 radical (unpaired) electrons. The molecule has 0 bridgehead atoms. The monoisotopic (exact) mass is 391 g/mol. The average molecular weight is 392 g/mol. The molecule has 1 unspecified atom stereocenters. The Bertz CT molecular complexity index is 555. The number of ether oxygens (including phenoxy) is 1. The number of carbonyl (C=O) groups is 2. The van der Waals surface area contributed by atoms with Crippen LogP contribution in [0.15, 0.2) is 18.2 Å². The van der Waals surface area contributed by atoms with Crippen molar-refractivity contribution in [3.05, 3.63) is 33.8 Å². The van der Waals surface area contributed by atoms with Crippen LogP contribution in [-0.4, -0.2) is 37.0 Å². The lowest BCUT2D eigenvalue weighted by Crippen LogP contribution is -2.30. The number of esters is 1. The Hall–Kier alpha value is -0.910. The molecule has 0 aliphatic heterocycles. The van der Waals surface area contributed by atoms with Crippen LogP contribution in [0.5, 0.6) is 0 Å². The third-order valence-corrected chi connectivity index (χ3v) is 5.02. The van der Waals surface area contributed by atoms with E-state index >= 15 is 0 Å². The van der Waals surface area contributed by atoms with Gasteiger partial charge in [-0.2, -0.15) is 11.8 Å². The van der Waals surface area contributed by atoms with Crippen LogP contribution in [-0.2, 0) is 14.3 Å². The van der Waals surface area contributed by atoms with Gasteiger partial charge in [-0.05, 0) is 24.1 Å². The van der Waals surface area contributed by atoms with Gasteiger partial charge in [0.25, 0.3) is 0 Å². The van der Waals surface area contributed by atoms with Crippen LogP contribution in [0.4, 0.5) is 0 Å². The van der Waals surface area contributed by atoms with Crippen molar-refractivity contribution in [1.82, 2.24) is 5.32 Å². The summed E-state index contributed by atoms with van der Waals surface area (Å²) in [5, 5.41) is 4.17. The van der Waals surface area contributed by atoms with Crippen molar-refractivity contribution in [3.63, 3.8) is 0 Å². The maximum absolute atomic E-state index is 11.9. The Balaban J connectivity index is 2.45. The summed E-state index contributed by atoms with van der Waals surface area (Å²) < 4.78 is 4.56. The average Bonchev–Trinajstić information content (AvgIpc) is 2.55. The molecule has 0 saturated carbocycles. The minimum Gasteiger partial charge on any atom is -0.469 e. The van der Waals surface area contributed by atoms with Crippen LogP contribution in [0, 0.1) is 0 Å². The topological polar surface area (TPSA) is 55.4 Å². The van der Waals surface area contributed by atoms with Gasteiger partial charge in [0.2, 0.25) is 5.91 Å². The van der Waals surface area contributed by atoms with Gasteiger partial charge in [-0.15, -0.1) is 0 Å². The first kappa shape index (κ1) is 21.1. The van der Waals surface area contributed by atoms with Gasteiger partial charge in [-0.3, -0.25) is 9.59 Å². The number of amides is 1. The van der Waals surface area contributed by atoms with E-state index in [4.69, 9.17) is 23.2 Å². The molecule has 134 valence electrons. The van der Waals surface area contributed by atoms with E-state index in [9.17, 15) is 9.59 Å². The summed E-state index contributed by atoms with van der Waals surface area (Å²) in [7, 11) is 1.36. The summed E-state index contributed by atoms with van der Waals surface area (Å²) in [5.41, 5.74) is 1.00. The molecular formula is C17H23Cl2NO3S. The zero-order valence-corrected chi connectivity index (χ0v) is 16.3. The minimum absolute atomic E-state index is 0.0453. The highest BCUT2D eigenvalue weighted by Gasteiger charge is 2.15. The number of hydrogen-bond acceptors (Lipinski definition) is 4. The predicted molar refractivity (Wildman–Crippen MR) is 101 cm³/mol. The first-order valence-electron chi connectivity index (χ1n) is 7.84. The molecule has 4 nitrogen and oxygen atoms in total. The summed E-state index contributed by atoms with van der Waals surface area (Å²) in [4.78, 5) is 22.9. The van der Waals surface area contributed by atoms with E-state index in [0.717, 1.165) is 18.4 Å². The molecule has 7 heteroatoms. The van der Waals surface area contributed by atoms with E-state index in [1.165, 1.54) is 18.9 Å². The number of halogens is 2. The summed E-state index contributed by atoms with van der Waals surface area (Å²) in [6.07, 6.45) is 2.23. The van der Waals surface area contributed by atoms with E-state index < -0.39 is 0 Å². The molecule has 1 N–H and O–H groups in total. The predicted octanol–water partition coefficient (Wildman–Crippen LogP) is 4.29. The van der Waals surface area contributed by atoms with Crippen LogP contribution in [0.25, 0.3) is 0 Å². The van der Waals surface area contributed by atoms with Gasteiger partial charge >= 0.3 is 5.97 Å². The van der Waals surface area contributed by atoms with Gasteiger partial charge in [0, 0.05) is 28.3 Å². The Morgan fingerprint density at radius 3 is 2.71 bits per heavy atom. The fourth-order valence-electron chi connectivity index (χ4n) is 2.26. The summed E-state index contributed by atoms with van der Waals surface area (Å²) in [6, 6.07) is 5.46. The third kappa shape index (κ3) is 7.77. The highest BCUT2D eigenvalue weighted by Crippen LogP contribution is 2.30. The normalized spacial score (nSPS) is 11.8. The lowest BCUT2D eigenvalue weighted by atomic mass is 9.94. The molecule has 0 aliphatic rings. The Morgan fingerprint density at radius 1 is 1.33 bits per heavy atom. The number of carbonyl (C=O) groups excluding carboxylic acids is 2. The minimum atomic E-state index is -0.261. The van der Waals surface area contributed by atoms with Gasteiger partial charge in [-0.1, -0.05) is 42.6 Å². The van der Waals surface area contributed by atoms with Gasteiger partial charge < -0.3 is 10.1 Å². The first-order valence-corrected chi connectivity index (χ1v) is 9.75. The summed E-state index contributed by atoms with van der Waals surface area (Å²) >= 11 is 13.6. The molecule has 1 aromatic carbocycles. The first-order chi connectivity index (χ1) is 11.5. The van der Waals surface area contributed by atoms with Crippen LogP contribution >= 0.6 is 35.0 Å². The van der Waals surface area contributed by atoms with Crippen molar-refractivity contribution < 1.29 is 14.3 Å². The Kier molecular flexibility index (Phi) is 10.2. The van der Waals surface area contributed by atoms with Crippen LogP contribution in [0.3, 0.4) is 0 Å². The summed E-state index contributed by atoms with van der Waals surface area (Å²) in [5.74, 6) is 0.745. The van der Waals surface area contributed by atoms with E-state index in [-0.39, 0.29) is 17.8 Å². The molecule has 0 saturated heterocycles. The maximum atomic E-state index is 11.9. The van der Waals surface area contributed by atoms with Crippen molar-refractivity contribution in [3.8, 4) is 0 Å². The number of nitrogens with one attached hydrogen (secondary N) is 1. The van der Waals surface area contributed by atoms with Crippen molar-refractivity contribution >= 4 is 46.8 Å². The van der Waals surface area contributed by atoms with Gasteiger partial charge in [-0.25, -0.2) is 0 Å². The number of benzene rings is 1. The molecular weight excluding hydrogens is 369 g/mol. The molecule has 24 heavy (non-hydrogen) atoms. The fraction of sp³-hybridized carbons (Fsp3) is 0.529. The van der Waals surface area contributed by atoms with Crippen LogP contribution in [0.2, 0.25) is 10.0 Å². The maximum Gasteiger partial charge on any atom is 0.306 e. The molecule has 1 rings (SSSR count). The Morgan fingerprint density at radius 2 is 2.08 bits per heavy atom. The molecule has 0 fully saturated rings. The molecule has 0 aliphatic carbocycles. The number of hydrogen-bond donors (Lipinski definition) is 1. The second kappa shape index (κ2) is 11.6. The number of thioether (sulfide) groups is 1. The number of rotatable bonds is 10. The summed E-state index contributed by atoms with van der Waals surface area (Å²) in [6.45, 7) is 2.63. The lowest BCUT2D eigenvalue weighted by Gasteiger charge is -2.19. The highest BCUT2D eigenvalue weighted by atomic mass is 35.5. The van der Waals surface area contributed by atoms with Gasteiger partial charge in [0.1, 0.15) is 0 Å². The van der Waals surface area contributed by atoms with Crippen LogP contribution in [0.1, 0.15) is 37.7 Å². The van der Waals surface area contributed by atoms with E-state index in [2.05, 4.69) is 17.0 Å². The SMILES string of the molecule is CCCC(CNC(=O)CSCCC(=O)OC)c1ccc(Cl)cc1Cl. The van der Waals surface area contributed by atoms with Crippen molar-refractivity contribution in [2.24, 2.45) is 0 Å². The largest absolute Gasteiger partial charge is 0.469 e. The number of methoxy groups -OCH3 is 1. The lowest BCUT2D eigenvalue weighted by molar-refractivity contribution is -0.140. The smallest absolute Gasteiger partial charge is 0.306 e. The van der Waals surface area contributed by atoms with Crippen LogP contribution < -0.4 is 5.32 Å². The van der Waals surface area contributed by atoms with Gasteiger partial charge in [0.05, 0.1) is 19.3 Å². The zero-order valence-electron chi connectivity index (χ0n) is 13.9. The molecule has 0 spiro atoms. The Labute approximate surface area is 157 Å². The van der Waals surface area contributed by atoms with Gasteiger partial charge in [0.15, 0.2) is 0 Å². The van der Waals surface area contributed by atoms with Crippen molar-refractivity contribution in [2.75, 3.05) is 25.2 Å². The van der Waals surface area contributed by atoms with E-state index in [0.29, 0.717) is 34.5 Å². The second-order valence-electron chi connectivity index (χ2n) is 5.33. The fourth-order valence-corrected chi connectivity index (χ4v) is 3.56. The van der Waals surface area contributed by atoms with Crippen molar-refractivity contribution in [2.45, 2.75) is 32.1 Å². The molecule has 1 atom stereocenters. The molecule has 1 amide bonds. The molecule has 1 aromatic rings. The van der Waals surface area contributed by atoms with E-state index in [1.54, 1.807) is 6.07 Å². The molecule has 0 heterocycles. The van der Waals surface area contributed by atoms with Crippen molar-refractivity contribution in [1.29, 1.82) is 0 Å². The highest BCUT2D eigenvalue weighted by molar-refractivity contribution is 7.99.